The molecular formula is C22H19ClFN5O. The van der Waals surface area contributed by atoms with Crippen LogP contribution in [0.1, 0.15) is 22.5 Å². The molecule has 1 heterocycles. The van der Waals surface area contributed by atoms with E-state index in [2.05, 4.69) is 20.6 Å². The average Bonchev–Trinajstić information content (AvgIpc) is 2.74. The fourth-order valence-electron chi connectivity index (χ4n) is 2.79. The van der Waals surface area contributed by atoms with Crippen LogP contribution in [0.4, 0.5) is 10.1 Å². The van der Waals surface area contributed by atoms with Gasteiger partial charge in [-0.15, -0.1) is 0 Å². The zero-order valence-electron chi connectivity index (χ0n) is 16.0. The van der Waals surface area contributed by atoms with E-state index in [1.165, 1.54) is 18.5 Å². The summed E-state index contributed by atoms with van der Waals surface area (Å²) in [6.45, 7) is 1.08. The Labute approximate surface area is 178 Å². The summed E-state index contributed by atoms with van der Waals surface area (Å²) in [6, 6.07) is 13.9. The number of amides is 1. The third-order valence-electron chi connectivity index (χ3n) is 4.34. The highest BCUT2D eigenvalue weighted by Crippen LogP contribution is 2.21. The Morgan fingerprint density at radius 3 is 2.67 bits per heavy atom. The lowest BCUT2D eigenvalue weighted by atomic mass is 10.1. The summed E-state index contributed by atoms with van der Waals surface area (Å²) in [5.41, 5.74) is 2.79. The summed E-state index contributed by atoms with van der Waals surface area (Å²) < 4.78 is 13.6. The van der Waals surface area contributed by atoms with Gasteiger partial charge in [-0.1, -0.05) is 35.9 Å². The first-order valence-electron chi connectivity index (χ1n) is 9.28. The quantitative estimate of drug-likeness (QED) is 0.539. The van der Waals surface area contributed by atoms with Crippen molar-refractivity contribution in [1.82, 2.24) is 15.3 Å². The van der Waals surface area contributed by atoms with Gasteiger partial charge in [0.05, 0.1) is 24.5 Å². The number of aromatic nitrogens is 2. The fraction of sp³-hybridized carbons (Fsp3) is 0.182. The Kier molecular flexibility index (Phi) is 7.44. The molecule has 0 atom stereocenters. The standard InChI is InChI=1S/C22H19ClFN5O/c23-20-9-17(29-22(30)10-18-13-28-19(11-25)14-27-18)6-5-15(20)7-8-26-12-16-3-1-2-4-21(16)24/h1-6,9,13-14,26H,7-8,10,12H2,(H,29,30). The lowest BCUT2D eigenvalue weighted by Crippen LogP contribution is -2.18. The van der Waals surface area contributed by atoms with Gasteiger partial charge in [0.2, 0.25) is 5.91 Å². The second-order valence-corrected chi connectivity index (χ2v) is 6.96. The molecule has 3 rings (SSSR count). The molecule has 152 valence electrons. The van der Waals surface area contributed by atoms with Gasteiger partial charge < -0.3 is 10.6 Å². The first kappa shape index (κ1) is 21.4. The summed E-state index contributed by atoms with van der Waals surface area (Å²) in [4.78, 5) is 20.1. The summed E-state index contributed by atoms with van der Waals surface area (Å²) in [5, 5.41) is 15.2. The van der Waals surface area contributed by atoms with E-state index in [1.807, 2.05) is 12.1 Å². The zero-order chi connectivity index (χ0) is 21.3. The maximum Gasteiger partial charge on any atom is 0.230 e. The molecule has 6 nitrogen and oxygen atoms in total. The minimum absolute atomic E-state index is 0.0397. The van der Waals surface area contributed by atoms with Crippen molar-refractivity contribution < 1.29 is 9.18 Å². The minimum Gasteiger partial charge on any atom is -0.326 e. The largest absolute Gasteiger partial charge is 0.326 e. The van der Waals surface area contributed by atoms with Crippen LogP contribution in [0.2, 0.25) is 5.02 Å². The van der Waals surface area contributed by atoms with Gasteiger partial charge in [-0.25, -0.2) is 9.37 Å². The Hall–Kier alpha value is -3.34. The topological polar surface area (TPSA) is 90.7 Å². The van der Waals surface area contributed by atoms with Crippen LogP contribution in [0.3, 0.4) is 0 Å². The molecule has 0 aliphatic rings. The van der Waals surface area contributed by atoms with Crippen LogP contribution >= 0.6 is 11.6 Å². The number of benzene rings is 2. The first-order chi connectivity index (χ1) is 14.5. The third-order valence-corrected chi connectivity index (χ3v) is 4.69. The van der Waals surface area contributed by atoms with Gasteiger partial charge in [-0.2, -0.15) is 5.26 Å². The molecule has 2 N–H and O–H groups in total. The average molecular weight is 424 g/mol. The minimum atomic E-state index is -0.260. The van der Waals surface area contributed by atoms with E-state index in [4.69, 9.17) is 16.9 Å². The van der Waals surface area contributed by atoms with Crippen molar-refractivity contribution in [2.45, 2.75) is 19.4 Å². The van der Waals surface area contributed by atoms with Crippen molar-refractivity contribution in [3.63, 3.8) is 0 Å². The van der Waals surface area contributed by atoms with Gasteiger partial charge in [0.15, 0.2) is 5.69 Å². The summed E-state index contributed by atoms with van der Waals surface area (Å²) >= 11 is 6.34. The van der Waals surface area contributed by atoms with Gasteiger partial charge in [0.1, 0.15) is 11.9 Å². The van der Waals surface area contributed by atoms with Crippen molar-refractivity contribution in [3.05, 3.63) is 88.2 Å². The summed E-state index contributed by atoms with van der Waals surface area (Å²) in [5.74, 6) is -0.487. The summed E-state index contributed by atoms with van der Waals surface area (Å²) in [6.07, 6.45) is 3.44. The highest BCUT2D eigenvalue weighted by molar-refractivity contribution is 6.31. The predicted octanol–water partition coefficient (Wildman–Crippen LogP) is 3.65. The van der Waals surface area contributed by atoms with Crippen molar-refractivity contribution in [2.24, 2.45) is 0 Å². The number of hydrogen-bond donors (Lipinski definition) is 2. The molecule has 0 saturated heterocycles. The molecule has 0 fully saturated rings. The van der Waals surface area contributed by atoms with Crippen LogP contribution in [0.25, 0.3) is 0 Å². The van der Waals surface area contributed by atoms with E-state index < -0.39 is 0 Å². The molecule has 0 saturated carbocycles. The predicted molar refractivity (Wildman–Crippen MR) is 112 cm³/mol. The molecule has 3 aromatic rings. The van der Waals surface area contributed by atoms with E-state index in [9.17, 15) is 9.18 Å². The van der Waals surface area contributed by atoms with Gasteiger partial charge in [-0.3, -0.25) is 9.78 Å². The second-order valence-electron chi connectivity index (χ2n) is 6.55. The Morgan fingerprint density at radius 1 is 1.13 bits per heavy atom. The lowest BCUT2D eigenvalue weighted by molar-refractivity contribution is -0.115. The van der Waals surface area contributed by atoms with Crippen LogP contribution in [0, 0.1) is 17.1 Å². The smallest absolute Gasteiger partial charge is 0.230 e. The third kappa shape index (κ3) is 6.08. The number of hydrogen-bond acceptors (Lipinski definition) is 5. The number of carbonyl (C=O) groups excluding carboxylic acids is 1. The van der Waals surface area contributed by atoms with E-state index in [-0.39, 0.29) is 23.8 Å². The molecule has 0 radical (unpaired) electrons. The Bertz CT molecular complexity index is 1070. The van der Waals surface area contributed by atoms with Crippen LogP contribution in [-0.2, 0) is 24.2 Å². The number of anilines is 1. The zero-order valence-corrected chi connectivity index (χ0v) is 16.8. The molecule has 0 aliphatic carbocycles. The van der Waals surface area contributed by atoms with E-state index in [0.29, 0.717) is 41.5 Å². The molecule has 30 heavy (non-hydrogen) atoms. The van der Waals surface area contributed by atoms with Crippen LogP contribution < -0.4 is 10.6 Å². The highest BCUT2D eigenvalue weighted by Gasteiger charge is 2.08. The number of nitrogens with zero attached hydrogens (tertiary/aromatic N) is 3. The molecule has 0 bridgehead atoms. The van der Waals surface area contributed by atoms with Crippen molar-refractivity contribution >= 4 is 23.2 Å². The maximum absolute atomic E-state index is 13.6. The van der Waals surface area contributed by atoms with Crippen molar-refractivity contribution in [1.29, 1.82) is 5.26 Å². The molecule has 0 unspecified atom stereocenters. The molecule has 0 aliphatic heterocycles. The van der Waals surface area contributed by atoms with Gasteiger partial charge in [-0.05, 0) is 36.7 Å². The molecule has 1 aromatic heterocycles. The molecular weight excluding hydrogens is 405 g/mol. The SMILES string of the molecule is N#Cc1cnc(CC(=O)Nc2ccc(CCNCc3ccccc3F)c(Cl)c2)cn1. The number of carbonyl (C=O) groups is 1. The molecule has 1 amide bonds. The molecule has 8 heteroatoms. The Balaban J connectivity index is 1.48. The van der Waals surface area contributed by atoms with Crippen LogP contribution in [-0.4, -0.2) is 22.4 Å². The number of nitriles is 1. The number of halogens is 2. The maximum atomic E-state index is 13.6. The van der Waals surface area contributed by atoms with Gasteiger partial charge in [0, 0.05) is 22.8 Å². The lowest BCUT2D eigenvalue weighted by Gasteiger charge is -2.10. The van der Waals surface area contributed by atoms with Gasteiger partial charge in [0.25, 0.3) is 0 Å². The van der Waals surface area contributed by atoms with Gasteiger partial charge >= 0.3 is 0 Å². The first-order valence-corrected chi connectivity index (χ1v) is 9.66. The molecule has 0 spiro atoms. The monoisotopic (exact) mass is 423 g/mol. The van der Waals surface area contributed by atoms with Crippen LogP contribution in [0.5, 0.6) is 0 Å². The Morgan fingerprint density at radius 2 is 1.97 bits per heavy atom. The summed E-state index contributed by atoms with van der Waals surface area (Å²) in [7, 11) is 0. The van der Waals surface area contributed by atoms with Crippen molar-refractivity contribution in [3.8, 4) is 6.07 Å². The number of rotatable bonds is 8. The fourth-order valence-corrected chi connectivity index (χ4v) is 3.06. The van der Waals surface area contributed by atoms with Crippen molar-refractivity contribution in [2.75, 3.05) is 11.9 Å². The van der Waals surface area contributed by atoms with E-state index in [1.54, 1.807) is 30.3 Å². The van der Waals surface area contributed by atoms with E-state index in [0.717, 1.165) is 5.56 Å². The van der Waals surface area contributed by atoms with E-state index >= 15 is 0 Å². The second kappa shape index (κ2) is 10.4. The molecule has 2 aromatic carbocycles. The highest BCUT2D eigenvalue weighted by atomic mass is 35.5. The number of nitrogens with one attached hydrogen (secondary N) is 2. The normalized spacial score (nSPS) is 10.4. The van der Waals surface area contributed by atoms with Crippen LogP contribution in [0.15, 0.2) is 54.9 Å².